The van der Waals surface area contributed by atoms with E-state index in [1.54, 1.807) is 0 Å². The average Bonchev–Trinajstić information content (AvgIpc) is 3.35. The first-order valence-corrected chi connectivity index (χ1v) is 30.0. The third-order valence-corrected chi connectivity index (χ3v) is 14.2. The summed E-state index contributed by atoms with van der Waals surface area (Å²) in [6.07, 6.45) is 47.6. The summed E-state index contributed by atoms with van der Waals surface area (Å²) in [4.78, 5) is 23.3. The summed E-state index contributed by atoms with van der Waals surface area (Å²) in [6.45, 7) is 4.18. The van der Waals surface area contributed by atoms with Gasteiger partial charge in [0.1, 0.15) is 42.7 Å². The van der Waals surface area contributed by atoms with Crippen molar-refractivity contribution in [2.24, 2.45) is 0 Å². The van der Waals surface area contributed by atoms with Crippen molar-refractivity contribution in [1.82, 2.24) is 0 Å². The van der Waals surface area contributed by atoms with Crippen molar-refractivity contribution < 1.29 is 58.3 Å². The smallest absolute Gasteiger partial charge is 0.457 e. The summed E-state index contributed by atoms with van der Waals surface area (Å²) in [6, 6.07) is 0. The molecule has 410 valence electrons. The highest BCUT2D eigenvalue weighted by Crippen LogP contribution is 2.47. The van der Waals surface area contributed by atoms with Crippen LogP contribution in [-0.4, -0.2) is 98.9 Å². The van der Waals surface area contributed by atoms with E-state index in [2.05, 4.69) is 62.5 Å². The number of esters is 1. The van der Waals surface area contributed by atoms with Gasteiger partial charge in [0, 0.05) is 13.0 Å². The molecule has 1 aliphatic rings. The lowest BCUT2D eigenvalue weighted by Crippen LogP contribution is -2.64. The predicted octanol–water partition coefficient (Wildman–Crippen LogP) is 13.5. The van der Waals surface area contributed by atoms with Crippen molar-refractivity contribution in [1.29, 1.82) is 0 Å². The van der Waals surface area contributed by atoms with E-state index in [0.29, 0.717) is 13.0 Å². The highest BCUT2D eigenvalue weighted by atomic mass is 31.2. The summed E-state index contributed by atoms with van der Waals surface area (Å²) in [7, 11) is -5.03. The Morgan fingerprint density at radius 3 is 1.29 bits per heavy atom. The molecule has 1 aliphatic carbocycles. The third-order valence-electron chi connectivity index (χ3n) is 13.2. The van der Waals surface area contributed by atoms with Crippen LogP contribution in [0.5, 0.6) is 0 Å². The van der Waals surface area contributed by atoms with Gasteiger partial charge in [-0.05, 0) is 51.4 Å². The van der Waals surface area contributed by atoms with Crippen LogP contribution in [0.4, 0.5) is 0 Å². The molecule has 6 N–H and O–H groups in total. The lowest BCUT2D eigenvalue weighted by Gasteiger charge is -2.41. The Hall–Kier alpha value is -1.70. The minimum absolute atomic E-state index is 0.0807. The van der Waals surface area contributed by atoms with Crippen molar-refractivity contribution in [2.75, 3.05) is 19.8 Å². The van der Waals surface area contributed by atoms with E-state index >= 15 is 0 Å². The molecule has 12 nitrogen and oxygen atoms in total. The average molecular weight is 1010 g/mol. The largest absolute Gasteiger partial charge is 0.472 e. The Bertz CT molecular complexity index is 1340. The molecule has 6 unspecified atom stereocenters. The molecule has 0 saturated heterocycles. The molecule has 0 aromatic carbocycles. The standard InChI is InChI=1S/C57H105O12P/c1-3-5-7-9-11-13-15-17-19-21-23-24-25-26-27-29-31-33-35-37-39-41-43-45-47-66-48-50(49-67-70(64,65)69-57-55(62)53(60)52(59)54(61)56(57)63)68-51(58)46-44-42-40-38-36-34-32-30-28-22-20-18-16-14-12-10-8-6-4-2/h6,8,12,14,18,20,28,30,50,52-57,59-63H,3-5,7,9-11,13,15-17,19,21-27,29,31-49H2,1-2H3,(H,64,65)/b8-6-,14-12-,20-18-,30-28-. The Kier molecular flexibility index (Phi) is 44.6. The van der Waals surface area contributed by atoms with Crippen molar-refractivity contribution in [3.8, 4) is 0 Å². The van der Waals surface area contributed by atoms with Gasteiger partial charge in [-0.3, -0.25) is 13.8 Å². The monoisotopic (exact) mass is 1010 g/mol. The first kappa shape index (κ1) is 66.3. The molecule has 13 heteroatoms. The molecule has 1 fully saturated rings. The number of phosphoric acid groups is 1. The predicted molar refractivity (Wildman–Crippen MR) is 286 cm³/mol. The molecule has 0 heterocycles. The molecule has 0 aromatic rings. The van der Waals surface area contributed by atoms with Gasteiger partial charge in [0.25, 0.3) is 0 Å². The number of rotatable bonds is 49. The Labute approximate surface area is 426 Å². The van der Waals surface area contributed by atoms with Crippen LogP contribution in [0.2, 0.25) is 0 Å². The van der Waals surface area contributed by atoms with E-state index in [4.69, 9.17) is 18.5 Å². The maximum atomic E-state index is 12.9. The number of phosphoric ester groups is 1. The molecule has 1 rings (SSSR count). The first-order chi connectivity index (χ1) is 34.0. The Morgan fingerprint density at radius 2 is 0.843 bits per heavy atom. The number of unbranched alkanes of at least 4 members (excludes halogenated alkanes) is 29. The van der Waals surface area contributed by atoms with Crippen LogP contribution in [0.3, 0.4) is 0 Å². The van der Waals surface area contributed by atoms with E-state index < -0.39 is 63.1 Å². The van der Waals surface area contributed by atoms with Crippen LogP contribution < -0.4 is 0 Å². The SMILES string of the molecule is CC/C=C\C/C=C\C/C=C\C/C=C\CCCCCCCCC(=O)OC(COCCCCCCCCCCCCCCCCCCCCCCCCCC)COP(=O)(O)OC1C(O)C(O)C(O)C(O)C1O. The second kappa shape index (κ2) is 47.0. The van der Waals surface area contributed by atoms with Crippen LogP contribution in [0.15, 0.2) is 48.6 Å². The van der Waals surface area contributed by atoms with Crippen LogP contribution in [0.1, 0.15) is 245 Å². The number of carbonyl (C=O) groups is 1. The second-order valence-corrected chi connectivity index (χ2v) is 21.2. The van der Waals surface area contributed by atoms with E-state index in [0.717, 1.165) is 83.5 Å². The molecule has 0 aromatic heterocycles. The quantitative estimate of drug-likeness (QED) is 0.0146. The number of aliphatic hydroxyl groups excluding tert-OH is 5. The van der Waals surface area contributed by atoms with E-state index in [1.165, 1.54) is 135 Å². The van der Waals surface area contributed by atoms with Crippen LogP contribution in [-0.2, 0) is 27.9 Å². The zero-order chi connectivity index (χ0) is 51.2. The van der Waals surface area contributed by atoms with Crippen LogP contribution in [0, 0.1) is 0 Å². The normalized spacial score (nSPS) is 21.2. The van der Waals surface area contributed by atoms with Gasteiger partial charge >= 0.3 is 13.8 Å². The molecular formula is C57H105O12P. The summed E-state index contributed by atoms with van der Waals surface area (Å²) >= 11 is 0. The van der Waals surface area contributed by atoms with Crippen molar-refractivity contribution in [3.63, 3.8) is 0 Å². The van der Waals surface area contributed by atoms with Gasteiger partial charge in [-0.15, -0.1) is 0 Å². The molecule has 0 spiro atoms. The van der Waals surface area contributed by atoms with Crippen molar-refractivity contribution >= 4 is 13.8 Å². The van der Waals surface area contributed by atoms with E-state index in [1.807, 2.05) is 0 Å². The summed E-state index contributed by atoms with van der Waals surface area (Å²) in [5, 5.41) is 50.4. The highest BCUT2D eigenvalue weighted by molar-refractivity contribution is 7.47. The second-order valence-electron chi connectivity index (χ2n) is 19.8. The van der Waals surface area contributed by atoms with Gasteiger partial charge in [0.05, 0.1) is 13.2 Å². The number of allylic oxidation sites excluding steroid dienone is 8. The molecule has 6 atom stereocenters. The summed E-state index contributed by atoms with van der Waals surface area (Å²) in [5.74, 6) is -0.488. The number of ether oxygens (including phenoxy) is 2. The molecule has 1 saturated carbocycles. The maximum Gasteiger partial charge on any atom is 0.472 e. The van der Waals surface area contributed by atoms with E-state index in [9.17, 15) is 39.8 Å². The van der Waals surface area contributed by atoms with Gasteiger partial charge in [-0.1, -0.05) is 236 Å². The Morgan fingerprint density at radius 1 is 0.471 bits per heavy atom. The van der Waals surface area contributed by atoms with Gasteiger partial charge in [0.15, 0.2) is 0 Å². The molecule has 70 heavy (non-hydrogen) atoms. The summed E-state index contributed by atoms with van der Waals surface area (Å²) in [5.41, 5.74) is 0. The molecule has 0 aliphatic heterocycles. The number of carbonyl (C=O) groups excluding carboxylic acids is 1. The fourth-order valence-electron chi connectivity index (χ4n) is 8.76. The van der Waals surface area contributed by atoms with Gasteiger partial charge in [-0.25, -0.2) is 4.57 Å². The van der Waals surface area contributed by atoms with Gasteiger partial charge < -0.3 is 39.9 Å². The van der Waals surface area contributed by atoms with Crippen LogP contribution in [0.25, 0.3) is 0 Å². The maximum absolute atomic E-state index is 12.9. The zero-order valence-electron chi connectivity index (χ0n) is 44.3. The zero-order valence-corrected chi connectivity index (χ0v) is 45.2. The number of hydrogen-bond acceptors (Lipinski definition) is 11. The van der Waals surface area contributed by atoms with E-state index in [-0.39, 0.29) is 13.0 Å². The molecular weight excluding hydrogens is 908 g/mol. The number of aliphatic hydroxyl groups is 5. The lowest BCUT2D eigenvalue weighted by molar-refractivity contribution is -0.220. The van der Waals surface area contributed by atoms with Crippen LogP contribution >= 0.6 is 7.82 Å². The number of hydrogen-bond donors (Lipinski definition) is 6. The molecule has 0 amide bonds. The summed E-state index contributed by atoms with van der Waals surface area (Å²) < 4.78 is 34.4. The molecule has 0 radical (unpaired) electrons. The van der Waals surface area contributed by atoms with Gasteiger partial charge in [0.2, 0.25) is 0 Å². The van der Waals surface area contributed by atoms with Crippen molar-refractivity contribution in [2.45, 2.75) is 288 Å². The first-order valence-electron chi connectivity index (χ1n) is 28.5. The fourth-order valence-corrected chi connectivity index (χ4v) is 9.73. The van der Waals surface area contributed by atoms with Crippen molar-refractivity contribution in [3.05, 3.63) is 48.6 Å². The minimum atomic E-state index is -5.03. The minimum Gasteiger partial charge on any atom is -0.457 e. The topological polar surface area (TPSA) is 192 Å². The molecule has 0 bridgehead atoms. The third kappa shape index (κ3) is 38.0. The Balaban J connectivity index is 2.28. The lowest BCUT2D eigenvalue weighted by atomic mass is 9.85. The fraction of sp³-hybridized carbons (Fsp3) is 0.842. The van der Waals surface area contributed by atoms with Gasteiger partial charge in [-0.2, -0.15) is 0 Å². The highest BCUT2D eigenvalue weighted by Gasteiger charge is 2.51.